The number of hydrogen-bond acceptors (Lipinski definition) is 3. The summed E-state index contributed by atoms with van der Waals surface area (Å²) < 4.78 is 0. The maximum atomic E-state index is 12.2. The minimum atomic E-state index is -0.772. The fourth-order valence-electron chi connectivity index (χ4n) is 3.04. The van der Waals surface area contributed by atoms with Crippen LogP contribution in [0.1, 0.15) is 35.4 Å². The van der Waals surface area contributed by atoms with Crippen LogP contribution in [0.25, 0.3) is 0 Å². The first-order chi connectivity index (χ1) is 12.0. The summed E-state index contributed by atoms with van der Waals surface area (Å²) in [5.41, 5.74) is 4.77. The van der Waals surface area contributed by atoms with Gasteiger partial charge in [0.2, 0.25) is 5.91 Å². The minimum Gasteiger partial charge on any atom is -0.481 e. The molecule has 0 spiro atoms. The molecule has 5 heteroatoms. The number of aliphatic carboxylic acids is 1. The summed E-state index contributed by atoms with van der Waals surface area (Å²) in [4.78, 5) is 27.2. The van der Waals surface area contributed by atoms with E-state index in [-0.39, 0.29) is 18.2 Å². The lowest BCUT2D eigenvalue weighted by atomic mass is 9.97. The van der Waals surface area contributed by atoms with E-state index < -0.39 is 5.97 Å². The topological polar surface area (TPSA) is 78.8 Å². The second kappa shape index (κ2) is 7.30. The molecule has 0 saturated heterocycles. The van der Waals surface area contributed by atoms with Gasteiger partial charge in [0.05, 0.1) is 5.69 Å². The van der Waals surface area contributed by atoms with Gasteiger partial charge in [-0.3, -0.25) is 14.6 Å². The number of anilines is 1. The van der Waals surface area contributed by atoms with Gasteiger partial charge in [0, 0.05) is 18.3 Å². The molecule has 1 atom stereocenters. The van der Waals surface area contributed by atoms with Crippen molar-refractivity contribution in [2.24, 2.45) is 4.99 Å². The normalized spacial score (nSPS) is 16.0. The van der Waals surface area contributed by atoms with E-state index in [0.717, 1.165) is 34.5 Å². The fourth-order valence-corrected chi connectivity index (χ4v) is 3.04. The standard InChI is InChI=1S/C20H20N2O3/c1-13-4-2-6-17-19(13)16(20(25)22-17)12-21-15-10-8-14(9-11-15)5-3-7-18(23)24/h2,4,6,8-12,16H,3,5,7H2,1H3,(H,22,25)(H,23,24). The highest BCUT2D eigenvalue weighted by Crippen LogP contribution is 2.34. The summed E-state index contributed by atoms with van der Waals surface area (Å²) >= 11 is 0. The van der Waals surface area contributed by atoms with Gasteiger partial charge in [0.1, 0.15) is 5.92 Å². The number of carboxylic acid groups (broad SMARTS) is 1. The maximum Gasteiger partial charge on any atom is 0.303 e. The van der Waals surface area contributed by atoms with Gasteiger partial charge in [-0.2, -0.15) is 0 Å². The van der Waals surface area contributed by atoms with Crippen LogP contribution in [0.15, 0.2) is 47.5 Å². The zero-order chi connectivity index (χ0) is 17.8. The van der Waals surface area contributed by atoms with E-state index in [2.05, 4.69) is 10.3 Å². The molecule has 0 bridgehead atoms. The predicted octanol–water partition coefficient (Wildman–Crippen LogP) is 3.84. The number of nitrogens with one attached hydrogen (secondary N) is 1. The number of aryl methyl sites for hydroxylation is 2. The zero-order valence-electron chi connectivity index (χ0n) is 14.0. The number of rotatable bonds is 6. The van der Waals surface area contributed by atoms with Crippen molar-refractivity contribution >= 4 is 29.5 Å². The second-order valence-electron chi connectivity index (χ2n) is 6.19. The molecule has 1 heterocycles. The molecule has 1 aliphatic heterocycles. The number of aliphatic imine (C=N–C) groups is 1. The van der Waals surface area contributed by atoms with E-state index in [9.17, 15) is 9.59 Å². The number of hydrogen-bond donors (Lipinski definition) is 2. The van der Waals surface area contributed by atoms with Crippen molar-refractivity contribution in [3.63, 3.8) is 0 Å². The van der Waals surface area contributed by atoms with Crippen LogP contribution >= 0.6 is 0 Å². The first-order valence-electron chi connectivity index (χ1n) is 8.30. The summed E-state index contributed by atoms with van der Waals surface area (Å²) in [5.74, 6) is -1.20. The van der Waals surface area contributed by atoms with Crippen LogP contribution in [0.4, 0.5) is 11.4 Å². The number of amides is 1. The number of fused-ring (bicyclic) bond motifs is 1. The molecule has 2 aromatic carbocycles. The molecule has 25 heavy (non-hydrogen) atoms. The molecule has 3 rings (SSSR count). The van der Waals surface area contributed by atoms with E-state index in [1.54, 1.807) is 6.21 Å². The number of carbonyl (C=O) groups excluding carboxylic acids is 1. The van der Waals surface area contributed by atoms with Crippen LogP contribution < -0.4 is 5.32 Å². The van der Waals surface area contributed by atoms with Crippen LogP contribution in [0.5, 0.6) is 0 Å². The summed E-state index contributed by atoms with van der Waals surface area (Å²) in [6.07, 6.45) is 3.22. The third-order valence-electron chi connectivity index (χ3n) is 4.34. The SMILES string of the molecule is Cc1cccc2c1C(C=Nc1ccc(CCCC(=O)O)cc1)C(=O)N2. The van der Waals surface area contributed by atoms with Gasteiger partial charge in [0.25, 0.3) is 0 Å². The van der Waals surface area contributed by atoms with Crippen molar-refractivity contribution in [1.82, 2.24) is 0 Å². The van der Waals surface area contributed by atoms with Crippen LogP contribution in [0.3, 0.4) is 0 Å². The Bertz CT molecular complexity index is 825. The third-order valence-corrected chi connectivity index (χ3v) is 4.34. The number of nitrogens with zero attached hydrogens (tertiary/aromatic N) is 1. The van der Waals surface area contributed by atoms with E-state index in [1.165, 1.54) is 0 Å². The molecule has 2 aromatic rings. The van der Waals surface area contributed by atoms with Gasteiger partial charge in [-0.05, 0) is 54.7 Å². The highest BCUT2D eigenvalue weighted by Gasteiger charge is 2.30. The molecule has 0 fully saturated rings. The molecule has 1 amide bonds. The zero-order valence-corrected chi connectivity index (χ0v) is 14.0. The van der Waals surface area contributed by atoms with Crippen molar-refractivity contribution in [2.75, 3.05) is 5.32 Å². The lowest BCUT2D eigenvalue weighted by Crippen LogP contribution is -2.13. The lowest BCUT2D eigenvalue weighted by molar-refractivity contribution is -0.137. The molecule has 5 nitrogen and oxygen atoms in total. The summed E-state index contributed by atoms with van der Waals surface area (Å²) in [6.45, 7) is 1.99. The number of benzene rings is 2. The van der Waals surface area contributed by atoms with Crippen molar-refractivity contribution in [3.8, 4) is 0 Å². The highest BCUT2D eigenvalue weighted by atomic mass is 16.4. The monoisotopic (exact) mass is 336 g/mol. The van der Waals surface area contributed by atoms with Crippen molar-refractivity contribution in [3.05, 3.63) is 59.2 Å². The lowest BCUT2D eigenvalue weighted by Gasteiger charge is -2.06. The Morgan fingerprint density at radius 1 is 1.24 bits per heavy atom. The third kappa shape index (κ3) is 3.94. The first-order valence-corrected chi connectivity index (χ1v) is 8.30. The Balaban J connectivity index is 1.69. The quantitative estimate of drug-likeness (QED) is 0.787. The molecule has 0 aromatic heterocycles. The predicted molar refractivity (Wildman–Crippen MR) is 97.7 cm³/mol. The van der Waals surface area contributed by atoms with Gasteiger partial charge in [-0.25, -0.2) is 0 Å². The maximum absolute atomic E-state index is 12.2. The van der Waals surface area contributed by atoms with E-state index in [4.69, 9.17) is 5.11 Å². The van der Waals surface area contributed by atoms with Crippen LogP contribution in [0.2, 0.25) is 0 Å². The summed E-state index contributed by atoms with van der Waals surface area (Å²) in [5, 5.41) is 11.6. The van der Waals surface area contributed by atoms with E-state index in [1.807, 2.05) is 49.4 Å². The first kappa shape index (κ1) is 16.9. The smallest absolute Gasteiger partial charge is 0.303 e. The number of carbonyl (C=O) groups is 2. The van der Waals surface area contributed by atoms with Gasteiger partial charge >= 0.3 is 5.97 Å². The van der Waals surface area contributed by atoms with Gasteiger partial charge in [-0.15, -0.1) is 0 Å². The van der Waals surface area contributed by atoms with Gasteiger partial charge in [0.15, 0.2) is 0 Å². The Morgan fingerprint density at radius 3 is 2.72 bits per heavy atom. The minimum absolute atomic E-state index is 0.0571. The molecule has 0 radical (unpaired) electrons. The van der Waals surface area contributed by atoms with Crippen molar-refractivity contribution in [2.45, 2.75) is 32.1 Å². The van der Waals surface area contributed by atoms with Crippen LogP contribution in [0, 0.1) is 6.92 Å². The highest BCUT2D eigenvalue weighted by molar-refractivity contribution is 6.13. The Kier molecular flexibility index (Phi) is 4.93. The Morgan fingerprint density at radius 2 is 2.00 bits per heavy atom. The van der Waals surface area contributed by atoms with Gasteiger partial charge in [-0.1, -0.05) is 24.3 Å². The molecule has 1 aliphatic rings. The summed E-state index contributed by atoms with van der Waals surface area (Å²) in [7, 11) is 0. The average Bonchev–Trinajstić information content (AvgIpc) is 2.90. The molecule has 1 unspecified atom stereocenters. The van der Waals surface area contributed by atoms with E-state index >= 15 is 0 Å². The van der Waals surface area contributed by atoms with Crippen LogP contribution in [-0.2, 0) is 16.0 Å². The van der Waals surface area contributed by atoms with Gasteiger partial charge < -0.3 is 10.4 Å². The largest absolute Gasteiger partial charge is 0.481 e. The molecular weight excluding hydrogens is 316 g/mol. The second-order valence-corrected chi connectivity index (χ2v) is 6.19. The number of carboxylic acids is 1. The average molecular weight is 336 g/mol. The van der Waals surface area contributed by atoms with Crippen molar-refractivity contribution in [1.29, 1.82) is 0 Å². The Hall–Kier alpha value is -2.95. The summed E-state index contributed by atoms with van der Waals surface area (Å²) in [6, 6.07) is 13.5. The molecular formula is C20H20N2O3. The fraction of sp³-hybridized carbons (Fsp3) is 0.250. The van der Waals surface area contributed by atoms with Crippen LogP contribution in [-0.4, -0.2) is 23.2 Å². The van der Waals surface area contributed by atoms with E-state index in [0.29, 0.717) is 6.42 Å². The molecule has 0 saturated carbocycles. The molecule has 0 aliphatic carbocycles. The van der Waals surface area contributed by atoms with Crippen molar-refractivity contribution < 1.29 is 14.7 Å². The Labute approximate surface area is 146 Å². The molecule has 2 N–H and O–H groups in total. The molecule has 128 valence electrons.